The molecule has 0 saturated heterocycles. The zero-order valence-electron chi connectivity index (χ0n) is 10.5. The zero-order chi connectivity index (χ0) is 14.8. The predicted octanol–water partition coefficient (Wildman–Crippen LogP) is 4.07. The van der Waals surface area contributed by atoms with Crippen molar-refractivity contribution in [2.75, 3.05) is 5.32 Å². The minimum absolute atomic E-state index is 0.219. The average Bonchev–Trinajstić information content (AvgIpc) is 2.35. The Labute approximate surface area is 118 Å². The first kappa shape index (κ1) is 14.6. The standard InChI is InChI=1S/C13H11ClF3N3/c1-8-19-11(14)6-12(20-8)18-7-9-3-2-4-10(5-9)13(15,16)17/h2-6H,7H2,1H3,(H,18,19,20). The molecule has 0 spiro atoms. The summed E-state index contributed by atoms with van der Waals surface area (Å²) in [7, 11) is 0. The second kappa shape index (κ2) is 5.66. The lowest BCUT2D eigenvalue weighted by Crippen LogP contribution is -2.07. The van der Waals surface area contributed by atoms with E-state index in [1.807, 2.05) is 0 Å². The Morgan fingerprint density at radius 2 is 1.95 bits per heavy atom. The number of rotatable bonds is 3. The summed E-state index contributed by atoms with van der Waals surface area (Å²) in [6, 6.07) is 6.63. The maximum absolute atomic E-state index is 12.6. The van der Waals surface area contributed by atoms with Crippen LogP contribution in [-0.2, 0) is 12.7 Å². The number of aryl methyl sites for hydroxylation is 1. The van der Waals surface area contributed by atoms with Crippen molar-refractivity contribution in [1.82, 2.24) is 9.97 Å². The summed E-state index contributed by atoms with van der Waals surface area (Å²) in [4.78, 5) is 7.99. The van der Waals surface area contributed by atoms with Gasteiger partial charge in [0.1, 0.15) is 16.8 Å². The van der Waals surface area contributed by atoms with Crippen molar-refractivity contribution >= 4 is 17.4 Å². The van der Waals surface area contributed by atoms with Crippen LogP contribution in [0.25, 0.3) is 0 Å². The quantitative estimate of drug-likeness (QED) is 0.868. The molecule has 0 atom stereocenters. The molecule has 1 aromatic heterocycles. The third kappa shape index (κ3) is 3.84. The Morgan fingerprint density at radius 3 is 2.60 bits per heavy atom. The molecule has 1 heterocycles. The molecule has 0 bridgehead atoms. The van der Waals surface area contributed by atoms with Gasteiger partial charge in [-0.2, -0.15) is 13.2 Å². The molecule has 2 aromatic rings. The summed E-state index contributed by atoms with van der Waals surface area (Å²) < 4.78 is 37.7. The maximum Gasteiger partial charge on any atom is 0.416 e. The van der Waals surface area contributed by atoms with Gasteiger partial charge in [-0.25, -0.2) is 9.97 Å². The van der Waals surface area contributed by atoms with Gasteiger partial charge in [-0.05, 0) is 24.6 Å². The number of anilines is 1. The Hall–Kier alpha value is -1.82. The molecule has 0 saturated carbocycles. The number of alkyl halides is 3. The van der Waals surface area contributed by atoms with E-state index in [2.05, 4.69) is 15.3 Å². The first-order valence-corrected chi connectivity index (χ1v) is 6.13. The van der Waals surface area contributed by atoms with Crippen molar-refractivity contribution in [2.24, 2.45) is 0 Å². The fourth-order valence-corrected chi connectivity index (χ4v) is 1.90. The molecule has 0 fully saturated rings. The molecule has 0 radical (unpaired) electrons. The van der Waals surface area contributed by atoms with Gasteiger partial charge >= 0.3 is 6.18 Å². The summed E-state index contributed by atoms with van der Waals surface area (Å²) in [6.45, 7) is 1.90. The fourth-order valence-electron chi connectivity index (χ4n) is 1.67. The monoisotopic (exact) mass is 301 g/mol. The first-order chi connectivity index (χ1) is 9.34. The average molecular weight is 302 g/mol. The molecule has 0 unspecified atom stereocenters. The van der Waals surface area contributed by atoms with Gasteiger partial charge in [0.05, 0.1) is 5.56 Å². The van der Waals surface area contributed by atoms with Crippen molar-refractivity contribution in [3.05, 3.63) is 52.4 Å². The summed E-state index contributed by atoms with van der Waals surface area (Å²) in [5.41, 5.74) is -0.166. The van der Waals surface area contributed by atoms with Crippen LogP contribution in [0.2, 0.25) is 5.15 Å². The molecule has 1 aromatic carbocycles. The Kier molecular flexibility index (Phi) is 4.13. The minimum atomic E-state index is -4.34. The van der Waals surface area contributed by atoms with Gasteiger partial charge in [-0.3, -0.25) is 0 Å². The van der Waals surface area contributed by atoms with Crippen molar-refractivity contribution < 1.29 is 13.2 Å². The van der Waals surface area contributed by atoms with E-state index in [0.29, 0.717) is 17.2 Å². The molecule has 7 heteroatoms. The molecule has 0 aliphatic heterocycles. The van der Waals surface area contributed by atoms with E-state index in [1.165, 1.54) is 12.1 Å². The highest BCUT2D eigenvalue weighted by Gasteiger charge is 2.30. The Morgan fingerprint density at radius 1 is 1.20 bits per heavy atom. The molecule has 106 valence electrons. The van der Waals surface area contributed by atoms with Crippen LogP contribution in [0.5, 0.6) is 0 Å². The molecule has 0 amide bonds. The number of hydrogen-bond acceptors (Lipinski definition) is 3. The normalized spacial score (nSPS) is 11.4. The van der Waals surface area contributed by atoms with Crippen LogP contribution >= 0.6 is 11.6 Å². The molecule has 3 nitrogen and oxygen atoms in total. The Balaban J connectivity index is 2.11. The number of halogens is 4. The number of nitrogens with one attached hydrogen (secondary N) is 1. The van der Waals surface area contributed by atoms with E-state index in [0.717, 1.165) is 12.1 Å². The number of hydrogen-bond donors (Lipinski definition) is 1. The lowest BCUT2D eigenvalue weighted by atomic mass is 10.1. The summed E-state index contributed by atoms with van der Waals surface area (Å²) in [5, 5.41) is 3.20. The lowest BCUT2D eigenvalue weighted by molar-refractivity contribution is -0.137. The summed E-state index contributed by atoms with van der Waals surface area (Å²) in [6.07, 6.45) is -4.34. The lowest BCUT2D eigenvalue weighted by Gasteiger charge is -2.10. The molecule has 1 N–H and O–H groups in total. The second-order valence-electron chi connectivity index (χ2n) is 4.17. The van der Waals surface area contributed by atoms with Crippen LogP contribution in [0.15, 0.2) is 30.3 Å². The molecule has 2 rings (SSSR count). The van der Waals surface area contributed by atoms with Gasteiger partial charge < -0.3 is 5.32 Å². The van der Waals surface area contributed by atoms with E-state index in [9.17, 15) is 13.2 Å². The van der Waals surface area contributed by atoms with Crippen molar-refractivity contribution in [1.29, 1.82) is 0 Å². The second-order valence-corrected chi connectivity index (χ2v) is 4.56. The molecular weight excluding hydrogens is 291 g/mol. The molecule has 20 heavy (non-hydrogen) atoms. The van der Waals surface area contributed by atoms with E-state index in [1.54, 1.807) is 13.0 Å². The van der Waals surface area contributed by atoms with Crippen molar-refractivity contribution in [3.63, 3.8) is 0 Å². The number of aromatic nitrogens is 2. The SMILES string of the molecule is Cc1nc(Cl)cc(NCc2cccc(C(F)(F)F)c2)n1. The first-order valence-electron chi connectivity index (χ1n) is 5.76. The van der Waals surface area contributed by atoms with Crippen LogP contribution in [-0.4, -0.2) is 9.97 Å². The van der Waals surface area contributed by atoms with E-state index < -0.39 is 11.7 Å². The van der Waals surface area contributed by atoms with Crippen molar-refractivity contribution in [2.45, 2.75) is 19.6 Å². The Bertz CT molecular complexity index is 594. The largest absolute Gasteiger partial charge is 0.416 e. The third-order valence-corrected chi connectivity index (χ3v) is 2.73. The molecule has 0 aliphatic carbocycles. The number of benzene rings is 1. The van der Waals surface area contributed by atoms with Gasteiger partial charge in [-0.1, -0.05) is 23.7 Å². The van der Waals surface area contributed by atoms with Crippen LogP contribution in [0.3, 0.4) is 0 Å². The van der Waals surface area contributed by atoms with Gasteiger partial charge in [0, 0.05) is 12.6 Å². The summed E-state index contributed by atoms with van der Waals surface area (Å²) >= 11 is 5.78. The molecular formula is C13H11ClF3N3. The topological polar surface area (TPSA) is 37.8 Å². The summed E-state index contributed by atoms with van der Waals surface area (Å²) in [5.74, 6) is 0.962. The van der Waals surface area contributed by atoms with Gasteiger partial charge in [-0.15, -0.1) is 0 Å². The third-order valence-electron chi connectivity index (χ3n) is 2.53. The highest BCUT2D eigenvalue weighted by Crippen LogP contribution is 2.29. The highest BCUT2D eigenvalue weighted by molar-refractivity contribution is 6.29. The van der Waals surface area contributed by atoms with Gasteiger partial charge in [0.15, 0.2) is 0 Å². The zero-order valence-corrected chi connectivity index (χ0v) is 11.3. The van der Waals surface area contributed by atoms with Crippen LogP contribution in [0.4, 0.5) is 19.0 Å². The highest BCUT2D eigenvalue weighted by atomic mass is 35.5. The predicted molar refractivity (Wildman–Crippen MR) is 70.5 cm³/mol. The van der Waals surface area contributed by atoms with E-state index >= 15 is 0 Å². The van der Waals surface area contributed by atoms with E-state index in [4.69, 9.17) is 11.6 Å². The van der Waals surface area contributed by atoms with Crippen molar-refractivity contribution in [3.8, 4) is 0 Å². The van der Waals surface area contributed by atoms with Gasteiger partial charge in [0.25, 0.3) is 0 Å². The van der Waals surface area contributed by atoms with E-state index in [-0.39, 0.29) is 11.7 Å². The fraction of sp³-hybridized carbons (Fsp3) is 0.231. The van der Waals surface area contributed by atoms with Crippen LogP contribution in [0.1, 0.15) is 17.0 Å². The van der Waals surface area contributed by atoms with Crippen LogP contribution in [0, 0.1) is 6.92 Å². The smallest absolute Gasteiger partial charge is 0.366 e. The molecule has 0 aliphatic rings. The van der Waals surface area contributed by atoms with Crippen LogP contribution < -0.4 is 5.32 Å². The number of nitrogens with zero attached hydrogens (tertiary/aromatic N) is 2. The minimum Gasteiger partial charge on any atom is -0.366 e. The maximum atomic E-state index is 12.6. The van der Waals surface area contributed by atoms with Gasteiger partial charge in [0.2, 0.25) is 0 Å².